The third kappa shape index (κ3) is 1.31. The number of fused-ring (bicyclic) bond motifs is 1. The number of hydrogen-bond acceptors (Lipinski definition) is 4. The molecule has 0 spiro atoms. The average Bonchev–Trinajstić information content (AvgIpc) is 2.07. The summed E-state index contributed by atoms with van der Waals surface area (Å²) in [6.45, 7) is 0. The van der Waals surface area contributed by atoms with Crippen molar-refractivity contribution in [2.24, 2.45) is 0 Å². The van der Waals surface area contributed by atoms with Crippen molar-refractivity contribution >= 4 is 38.3 Å². The number of halogens is 1. The maximum atomic E-state index is 5.67. The van der Waals surface area contributed by atoms with E-state index in [9.17, 15) is 0 Å². The molecule has 0 unspecified atom stereocenters. The van der Waals surface area contributed by atoms with E-state index in [1.54, 1.807) is 12.1 Å². The van der Waals surface area contributed by atoms with Crippen LogP contribution >= 0.6 is 15.9 Å². The van der Waals surface area contributed by atoms with E-state index in [0.717, 1.165) is 15.4 Å². The predicted octanol–water partition coefficient (Wildman–Crippen LogP) is 1.56. The third-order valence-corrected chi connectivity index (χ3v) is 2.35. The van der Waals surface area contributed by atoms with Crippen LogP contribution in [0, 0.1) is 0 Å². The number of rotatable bonds is 0. The van der Waals surface area contributed by atoms with Crippen LogP contribution in [-0.2, 0) is 0 Å². The molecule has 0 aliphatic heterocycles. The van der Waals surface area contributed by atoms with Crippen LogP contribution < -0.4 is 11.5 Å². The normalized spacial score (nSPS) is 10.5. The maximum absolute atomic E-state index is 5.67. The van der Waals surface area contributed by atoms with Gasteiger partial charge in [-0.25, -0.2) is 9.97 Å². The van der Waals surface area contributed by atoms with Gasteiger partial charge in [-0.05, 0) is 28.1 Å². The van der Waals surface area contributed by atoms with Crippen molar-refractivity contribution in [2.75, 3.05) is 11.5 Å². The molecule has 4 nitrogen and oxygen atoms in total. The highest BCUT2D eigenvalue weighted by Crippen LogP contribution is 2.27. The minimum atomic E-state index is 0.443. The Hall–Kier alpha value is -1.36. The van der Waals surface area contributed by atoms with Gasteiger partial charge in [0, 0.05) is 15.5 Å². The lowest BCUT2D eigenvalue weighted by Gasteiger charge is -2.03. The summed E-state index contributed by atoms with van der Waals surface area (Å²) in [7, 11) is 0. The van der Waals surface area contributed by atoms with E-state index in [-0.39, 0.29) is 0 Å². The lowest BCUT2D eigenvalue weighted by molar-refractivity contribution is 1.23. The second-order valence-corrected chi connectivity index (χ2v) is 3.51. The van der Waals surface area contributed by atoms with Crippen molar-refractivity contribution < 1.29 is 0 Å². The summed E-state index contributed by atoms with van der Waals surface area (Å²) in [4.78, 5) is 7.97. The van der Waals surface area contributed by atoms with E-state index in [1.165, 1.54) is 6.33 Å². The molecule has 0 amide bonds. The van der Waals surface area contributed by atoms with Crippen LogP contribution in [-0.4, -0.2) is 9.97 Å². The zero-order valence-corrected chi connectivity index (χ0v) is 8.25. The first kappa shape index (κ1) is 8.25. The third-order valence-electron chi connectivity index (χ3n) is 1.75. The Bertz CT molecular complexity index is 469. The van der Waals surface area contributed by atoms with Crippen LogP contribution in [0.5, 0.6) is 0 Å². The monoisotopic (exact) mass is 238 g/mol. The summed E-state index contributed by atoms with van der Waals surface area (Å²) in [5.41, 5.74) is 12.7. The SMILES string of the molecule is Nc1cc(Br)c2ncnc(N)c2c1. The van der Waals surface area contributed by atoms with Gasteiger partial charge >= 0.3 is 0 Å². The largest absolute Gasteiger partial charge is 0.399 e. The summed E-state index contributed by atoms with van der Waals surface area (Å²) >= 11 is 3.36. The molecule has 66 valence electrons. The molecule has 0 fully saturated rings. The highest BCUT2D eigenvalue weighted by molar-refractivity contribution is 9.10. The van der Waals surface area contributed by atoms with Gasteiger partial charge in [0.25, 0.3) is 0 Å². The number of aromatic nitrogens is 2. The minimum absolute atomic E-state index is 0.443. The first-order valence-electron chi connectivity index (χ1n) is 3.63. The molecular formula is C8H7BrN4. The molecule has 2 rings (SSSR count). The van der Waals surface area contributed by atoms with Gasteiger partial charge in [0.15, 0.2) is 0 Å². The van der Waals surface area contributed by atoms with Crippen molar-refractivity contribution in [3.8, 4) is 0 Å². The van der Waals surface area contributed by atoms with Gasteiger partial charge in [-0.2, -0.15) is 0 Å². The first-order chi connectivity index (χ1) is 6.18. The van der Waals surface area contributed by atoms with E-state index < -0.39 is 0 Å². The zero-order valence-electron chi connectivity index (χ0n) is 6.66. The number of nitrogens with zero attached hydrogens (tertiary/aromatic N) is 2. The summed E-state index contributed by atoms with van der Waals surface area (Å²) in [6.07, 6.45) is 1.43. The van der Waals surface area contributed by atoms with Gasteiger partial charge < -0.3 is 11.5 Å². The van der Waals surface area contributed by atoms with Crippen LogP contribution in [0.2, 0.25) is 0 Å². The fraction of sp³-hybridized carbons (Fsp3) is 0. The van der Waals surface area contributed by atoms with Gasteiger partial charge in [0.05, 0.1) is 5.52 Å². The molecule has 0 saturated heterocycles. The highest BCUT2D eigenvalue weighted by atomic mass is 79.9. The Morgan fingerprint density at radius 1 is 1.15 bits per heavy atom. The van der Waals surface area contributed by atoms with Crippen molar-refractivity contribution in [1.82, 2.24) is 9.97 Å². The van der Waals surface area contributed by atoms with Crippen LogP contribution in [0.3, 0.4) is 0 Å². The maximum Gasteiger partial charge on any atom is 0.134 e. The number of nitrogens with two attached hydrogens (primary N) is 2. The number of nitrogen functional groups attached to an aromatic ring is 2. The number of hydrogen-bond donors (Lipinski definition) is 2. The van der Waals surface area contributed by atoms with Crippen molar-refractivity contribution in [3.63, 3.8) is 0 Å². The Morgan fingerprint density at radius 3 is 2.69 bits per heavy atom. The lowest BCUT2D eigenvalue weighted by Crippen LogP contribution is -1.95. The summed E-state index contributed by atoms with van der Waals surface area (Å²) in [6, 6.07) is 3.55. The van der Waals surface area contributed by atoms with E-state index in [2.05, 4.69) is 25.9 Å². The molecule has 5 heteroatoms. The van der Waals surface area contributed by atoms with E-state index in [1.807, 2.05) is 0 Å². The zero-order chi connectivity index (χ0) is 9.42. The second kappa shape index (κ2) is 2.85. The molecule has 1 aromatic heterocycles. The second-order valence-electron chi connectivity index (χ2n) is 2.66. The van der Waals surface area contributed by atoms with E-state index >= 15 is 0 Å². The average molecular weight is 239 g/mol. The van der Waals surface area contributed by atoms with Crippen LogP contribution in [0.1, 0.15) is 0 Å². The van der Waals surface area contributed by atoms with Crippen molar-refractivity contribution in [3.05, 3.63) is 22.9 Å². The van der Waals surface area contributed by atoms with Gasteiger partial charge in [-0.1, -0.05) is 0 Å². The fourth-order valence-electron chi connectivity index (χ4n) is 1.16. The van der Waals surface area contributed by atoms with Crippen LogP contribution in [0.15, 0.2) is 22.9 Å². The van der Waals surface area contributed by atoms with Crippen molar-refractivity contribution in [1.29, 1.82) is 0 Å². The molecule has 1 aromatic carbocycles. The molecule has 4 N–H and O–H groups in total. The Kier molecular flexibility index (Phi) is 1.81. The standard InChI is InChI=1S/C8H7BrN4/c9-6-2-4(10)1-5-7(6)12-3-13-8(5)11/h1-3H,10H2,(H2,11,12,13). The molecule has 1 heterocycles. The molecule has 0 radical (unpaired) electrons. The molecule has 0 bridgehead atoms. The molecule has 0 atom stereocenters. The first-order valence-corrected chi connectivity index (χ1v) is 4.43. The van der Waals surface area contributed by atoms with E-state index in [0.29, 0.717) is 11.5 Å². The van der Waals surface area contributed by atoms with Crippen molar-refractivity contribution in [2.45, 2.75) is 0 Å². The van der Waals surface area contributed by atoms with Gasteiger partial charge in [-0.3, -0.25) is 0 Å². The lowest BCUT2D eigenvalue weighted by atomic mass is 10.2. The molecule has 0 aliphatic carbocycles. The van der Waals surface area contributed by atoms with E-state index in [4.69, 9.17) is 11.5 Å². The molecule has 2 aromatic rings. The minimum Gasteiger partial charge on any atom is -0.399 e. The smallest absolute Gasteiger partial charge is 0.134 e. The molecule has 13 heavy (non-hydrogen) atoms. The quantitative estimate of drug-likeness (QED) is 0.684. The van der Waals surface area contributed by atoms with Gasteiger partial charge in [-0.15, -0.1) is 0 Å². The summed E-state index contributed by atoms with van der Waals surface area (Å²) in [5.74, 6) is 0.443. The van der Waals surface area contributed by atoms with Crippen LogP contribution in [0.25, 0.3) is 10.9 Å². The number of anilines is 2. The van der Waals surface area contributed by atoms with Crippen LogP contribution in [0.4, 0.5) is 11.5 Å². The van der Waals surface area contributed by atoms with Gasteiger partial charge in [0.2, 0.25) is 0 Å². The molecule has 0 aliphatic rings. The summed E-state index contributed by atoms with van der Waals surface area (Å²) < 4.78 is 0.830. The summed E-state index contributed by atoms with van der Waals surface area (Å²) in [5, 5.41) is 0.773. The Balaban J connectivity index is 2.94. The topological polar surface area (TPSA) is 77.8 Å². The predicted molar refractivity (Wildman–Crippen MR) is 56.1 cm³/mol. The Labute approximate surface area is 83.1 Å². The highest BCUT2D eigenvalue weighted by Gasteiger charge is 2.04. The molecular weight excluding hydrogens is 232 g/mol. The Morgan fingerprint density at radius 2 is 1.92 bits per heavy atom. The van der Waals surface area contributed by atoms with Gasteiger partial charge in [0.1, 0.15) is 12.1 Å². The number of benzene rings is 1. The molecule has 0 saturated carbocycles. The fourth-order valence-corrected chi connectivity index (χ4v) is 1.75.